The molecule has 19 heavy (non-hydrogen) atoms. The quantitative estimate of drug-likeness (QED) is 0.805. The van der Waals surface area contributed by atoms with E-state index in [0.717, 1.165) is 32.0 Å². The third-order valence-electron chi connectivity index (χ3n) is 4.66. The highest BCUT2D eigenvalue weighted by Crippen LogP contribution is 2.16. The molecule has 2 fully saturated rings. The number of hydrogen-bond acceptors (Lipinski definition) is 3. The molecule has 0 spiro atoms. The van der Waals surface area contributed by atoms with E-state index in [4.69, 9.17) is 0 Å². The van der Waals surface area contributed by atoms with Gasteiger partial charge in [0, 0.05) is 13.1 Å². The fraction of sp³-hybridized carbons (Fsp3) is 0.933. The summed E-state index contributed by atoms with van der Waals surface area (Å²) in [5.41, 5.74) is 0. The Morgan fingerprint density at radius 3 is 2.68 bits per heavy atom. The molecule has 2 saturated heterocycles. The molecule has 2 unspecified atom stereocenters. The fourth-order valence-corrected chi connectivity index (χ4v) is 3.13. The first-order valence-electron chi connectivity index (χ1n) is 7.90. The van der Waals surface area contributed by atoms with E-state index in [1.54, 1.807) is 0 Å². The molecular formula is C15H29N3O. The van der Waals surface area contributed by atoms with Crippen LogP contribution in [0, 0.1) is 11.8 Å². The zero-order valence-electron chi connectivity index (χ0n) is 12.5. The first-order valence-corrected chi connectivity index (χ1v) is 7.90. The van der Waals surface area contributed by atoms with Crippen LogP contribution in [0.25, 0.3) is 0 Å². The number of piperidine rings is 2. The van der Waals surface area contributed by atoms with Crippen molar-refractivity contribution in [2.45, 2.75) is 45.6 Å². The van der Waals surface area contributed by atoms with E-state index < -0.39 is 0 Å². The number of likely N-dealkylation sites (tertiary alicyclic amines) is 1. The molecular weight excluding hydrogens is 238 g/mol. The molecule has 0 bridgehead atoms. The molecule has 2 N–H and O–H groups in total. The van der Waals surface area contributed by atoms with Gasteiger partial charge in [-0.15, -0.1) is 0 Å². The van der Waals surface area contributed by atoms with Gasteiger partial charge in [-0.2, -0.15) is 0 Å². The SMILES string of the molecule is CC1CCN(CCNC(=O)C2NCCCC2C)CC1. The van der Waals surface area contributed by atoms with Crippen LogP contribution in [0.2, 0.25) is 0 Å². The Balaban J connectivity index is 1.63. The Hall–Kier alpha value is -0.610. The number of hydrogen-bond donors (Lipinski definition) is 2. The minimum Gasteiger partial charge on any atom is -0.353 e. The average molecular weight is 267 g/mol. The molecule has 0 aromatic carbocycles. The van der Waals surface area contributed by atoms with Crippen molar-refractivity contribution in [1.82, 2.24) is 15.5 Å². The third kappa shape index (κ3) is 4.46. The molecule has 2 rings (SSSR count). The molecule has 4 nitrogen and oxygen atoms in total. The topological polar surface area (TPSA) is 44.4 Å². The lowest BCUT2D eigenvalue weighted by atomic mass is 9.92. The highest BCUT2D eigenvalue weighted by Gasteiger charge is 2.27. The third-order valence-corrected chi connectivity index (χ3v) is 4.66. The standard InChI is InChI=1S/C15H29N3O/c1-12-5-9-18(10-6-12)11-8-17-15(19)14-13(2)4-3-7-16-14/h12-14,16H,3-11H2,1-2H3,(H,17,19). The average Bonchev–Trinajstić information content (AvgIpc) is 2.41. The smallest absolute Gasteiger partial charge is 0.237 e. The molecule has 0 saturated carbocycles. The van der Waals surface area contributed by atoms with E-state index in [1.165, 1.54) is 32.4 Å². The highest BCUT2D eigenvalue weighted by molar-refractivity contribution is 5.82. The largest absolute Gasteiger partial charge is 0.353 e. The minimum atomic E-state index is 0.0233. The molecule has 0 aromatic rings. The van der Waals surface area contributed by atoms with Crippen molar-refractivity contribution in [1.29, 1.82) is 0 Å². The van der Waals surface area contributed by atoms with Crippen molar-refractivity contribution in [3.8, 4) is 0 Å². The van der Waals surface area contributed by atoms with Gasteiger partial charge in [-0.3, -0.25) is 4.79 Å². The van der Waals surface area contributed by atoms with Crippen LogP contribution in [-0.4, -0.2) is 49.6 Å². The van der Waals surface area contributed by atoms with Gasteiger partial charge in [-0.05, 0) is 57.2 Å². The normalized spacial score (nSPS) is 30.2. The number of rotatable bonds is 4. The molecule has 1 amide bonds. The van der Waals surface area contributed by atoms with Crippen molar-refractivity contribution in [3.63, 3.8) is 0 Å². The summed E-state index contributed by atoms with van der Waals surface area (Å²) < 4.78 is 0. The predicted octanol–water partition coefficient (Wildman–Crippen LogP) is 1.22. The Morgan fingerprint density at radius 2 is 2.00 bits per heavy atom. The summed E-state index contributed by atoms with van der Waals surface area (Å²) in [5.74, 6) is 1.53. The summed E-state index contributed by atoms with van der Waals surface area (Å²) in [7, 11) is 0. The van der Waals surface area contributed by atoms with Crippen LogP contribution in [0.4, 0.5) is 0 Å². The zero-order chi connectivity index (χ0) is 13.7. The maximum absolute atomic E-state index is 12.1. The van der Waals surface area contributed by atoms with Crippen LogP contribution >= 0.6 is 0 Å². The van der Waals surface area contributed by atoms with E-state index in [0.29, 0.717) is 5.92 Å². The zero-order valence-corrected chi connectivity index (χ0v) is 12.5. The lowest BCUT2D eigenvalue weighted by Crippen LogP contribution is -2.52. The second-order valence-electron chi connectivity index (χ2n) is 6.37. The van der Waals surface area contributed by atoms with Crippen molar-refractivity contribution < 1.29 is 4.79 Å². The van der Waals surface area contributed by atoms with E-state index in [1.807, 2.05) is 0 Å². The lowest BCUT2D eigenvalue weighted by molar-refractivity contribution is -0.124. The Bertz CT molecular complexity index is 287. The van der Waals surface area contributed by atoms with Gasteiger partial charge in [-0.25, -0.2) is 0 Å². The maximum Gasteiger partial charge on any atom is 0.237 e. The highest BCUT2D eigenvalue weighted by atomic mass is 16.2. The van der Waals surface area contributed by atoms with Crippen LogP contribution < -0.4 is 10.6 Å². The van der Waals surface area contributed by atoms with Gasteiger partial charge >= 0.3 is 0 Å². The van der Waals surface area contributed by atoms with E-state index in [-0.39, 0.29) is 11.9 Å². The van der Waals surface area contributed by atoms with Gasteiger partial charge in [0.15, 0.2) is 0 Å². The van der Waals surface area contributed by atoms with Crippen LogP contribution in [-0.2, 0) is 4.79 Å². The summed E-state index contributed by atoms with van der Waals surface area (Å²) in [6.07, 6.45) is 4.95. The lowest BCUT2D eigenvalue weighted by Gasteiger charge is -2.31. The van der Waals surface area contributed by atoms with Crippen LogP contribution in [0.15, 0.2) is 0 Å². The molecule has 4 heteroatoms. The predicted molar refractivity (Wildman–Crippen MR) is 78.0 cm³/mol. The first kappa shape index (κ1) is 14.8. The van der Waals surface area contributed by atoms with Crippen LogP contribution in [0.1, 0.15) is 39.5 Å². The van der Waals surface area contributed by atoms with Crippen molar-refractivity contribution >= 4 is 5.91 Å². The van der Waals surface area contributed by atoms with Gasteiger partial charge in [0.1, 0.15) is 0 Å². The Labute approximate surface area is 117 Å². The van der Waals surface area contributed by atoms with Gasteiger partial charge < -0.3 is 15.5 Å². The summed E-state index contributed by atoms with van der Waals surface area (Å²) in [5, 5.41) is 6.44. The maximum atomic E-state index is 12.1. The minimum absolute atomic E-state index is 0.0233. The summed E-state index contributed by atoms with van der Waals surface area (Å²) in [4.78, 5) is 14.6. The summed E-state index contributed by atoms with van der Waals surface area (Å²) in [6, 6.07) is 0.0233. The molecule has 2 aliphatic heterocycles. The van der Waals surface area contributed by atoms with Gasteiger partial charge in [0.05, 0.1) is 6.04 Å². The van der Waals surface area contributed by atoms with E-state index >= 15 is 0 Å². The summed E-state index contributed by atoms with van der Waals surface area (Å²) >= 11 is 0. The summed E-state index contributed by atoms with van der Waals surface area (Å²) in [6.45, 7) is 9.64. The van der Waals surface area contributed by atoms with Gasteiger partial charge in [0.25, 0.3) is 0 Å². The van der Waals surface area contributed by atoms with Crippen molar-refractivity contribution in [2.75, 3.05) is 32.7 Å². The van der Waals surface area contributed by atoms with Gasteiger partial charge in [0.2, 0.25) is 5.91 Å². The second-order valence-corrected chi connectivity index (χ2v) is 6.37. The fourth-order valence-electron chi connectivity index (χ4n) is 3.13. The van der Waals surface area contributed by atoms with Crippen LogP contribution in [0.3, 0.4) is 0 Å². The second kappa shape index (κ2) is 7.25. The number of carbonyl (C=O) groups excluding carboxylic acids is 1. The monoisotopic (exact) mass is 267 g/mol. The Morgan fingerprint density at radius 1 is 1.26 bits per heavy atom. The number of nitrogens with one attached hydrogen (secondary N) is 2. The van der Waals surface area contributed by atoms with E-state index in [2.05, 4.69) is 29.4 Å². The molecule has 0 aliphatic carbocycles. The molecule has 2 atom stereocenters. The number of carbonyl (C=O) groups is 1. The van der Waals surface area contributed by atoms with Crippen molar-refractivity contribution in [3.05, 3.63) is 0 Å². The molecule has 0 radical (unpaired) electrons. The van der Waals surface area contributed by atoms with Crippen LogP contribution in [0.5, 0.6) is 0 Å². The molecule has 2 heterocycles. The van der Waals surface area contributed by atoms with Gasteiger partial charge in [-0.1, -0.05) is 13.8 Å². The number of nitrogens with zero attached hydrogens (tertiary/aromatic N) is 1. The first-order chi connectivity index (χ1) is 9.16. The number of amides is 1. The molecule has 0 aromatic heterocycles. The van der Waals surface area contributed by atoms with E-state index in [9.17, 15) is 4.79 Å². The van der Waals surface area contributed by atoms with Crippen molar-refractivity contribution in [2.24, 2.45) is 11.8 Å². The Kier molecular flexibility index (Phi) is 5.64. The molecule has 110 valence electrons. The molecule has 2 aliphatic rings.